The molecule has 1 aliphatic heterocycles. The predicted molar refractivity (Wildman–Crippen MR) is 78.1 cm³/mol. The third kappa shape index (κ3) is 4.68. The summed E-state index contributed by atoms with van der Waals surface area (Å²) in [6.07, 6.45) is -3.28. The molecule has 0 aliphatic carbocycles. The second-order valence-corrected chi connectivity index (χ2v) is 7.40. The number of benzene rings is 1. The molecule has 0 saturated carbocycles. The monoisotopic (exact) mass is 350 g/mol. The summed E-state index contributed by atoms with van der Waals surface area (Å²) in [7, 11) is -3.26. The molecule has 1 saturated heterocycles. The van der Waals surface area contributed by atoms with E-state index in [1.54, 1.807) is 0 Å². The maximum atomic E-state index is 12.5. The van der Waals surface area contributed by atoms with Gasteiger partial charge in [-0.15, -0.1) is 0 Å². The Morgan fingerprint density at radius 2 is 1.61 bits per heavy atom. The Bertz CT molecular complexity index is 664. The number of hydrogen-bond acceptors (Lipinski definition) is 3. The van der Waals surface area contributed by atoms with Gasteiger partial charge in [0.1, 0.15) is 0 Å². The van der Waals surface area contributed by atoms with Crippen LogP contribution in [0.15, 0.2) is 24.3 Å². The lowest BCUT2D eigenvalue weighted by Gasteiger charge is -2.33. The molecule has 0 unspecified atom stereocenters. The molecule has 0 atom stereocenters. The number of nitrogens with zero attached hydrogens (tertiary/aromatic N) is 2. The molecule has 9 heteroatoms. The molecule has 0 spiro atoms. The van der Waals surface area contributed by atoms with Gasteiger partial charge in [-0.3, -0.25) is 4.79 Å². The molecule has 0 bridgehead atoms. The van der Waals surface area contributed by atoms with Gasteiger partial charge < -0.3 is 4.90 Å². The maximum Gasteiger partial charge on any atom is 0.416 e. The van der Waals surface area contributed by atoms with Crippen molar-refractivity contribution < 1.29 is 26.4 Å². The highest BCUT2D eigenvalue weighted by molar-refractivity contribution is 7.88. The molecular formula is C14H17F3N2O3S. The van der Waals surface area contributed by atoms with Crippen molar-refractivity contribution in [2.24, 2.45) is 0 Å². The van der Waals surface area contributed by atoms with E-state index in [4.69, 9.17) is 0 Å². The molecule has 1 aromatic rings. The van der Waals surface area contributed by atoms with Gasteiger partial charge in [0.05, 0.1) is 18.2 Å². The van der Waals surface area contributed by atoms with Crippen LogP contribution in [0.25, 0.3) is 0 Å². The van der Waals surface area contributed by atoms with Gasteiger partial charge in [-0.2, -0.15) is 17.5 Å². The van der Waals surface area contributed by atoms with E-state index in [1.807, 2.05) is 0 Å². The second-order valence-electron chi connectivity index (χ2n) is 5.41. The largest absolute Gasteiger partial charge is 0.416 e. The highest BCUT2D eigenvalue weighted by Crippen LogP contribution is 2.29. The van der Waals surface area contributed by atoms with E-state index in [9.17, 15) is 26.4 Å². The predicted octanol–water partition coefficient (Wildman–Crippen LogP) is 1.35. The average molecular weight is 350 g/mol. The highest BCUT2D eigenvalue weighted by atomic mass is 32.2. The first kappa shape index (κ1) is 17.7. The normalized spacial score (nSPS) is 17.3. The summed E-state index contributed by atoms with van der Waals surface area (Å²) < 4.78 is 61.5. The van der Waals surface area contributed by atoms with Crippen molar-refractivity contribution in [3.8, 4) is 0 Å². The number of hydrogen-bond donors (Lipinski definition) is 0. The van der Waals surface area contributed by atoms with Gasteiger partial charge in [0.2, 0.25) is 15.9 Å². The third-order valence-electron chi connectivity index (χ3n) is 3.70. The van der Waals surface area contributed by atoms with Crippen LogP contribution in [0, 0.1) is 0 Å². The van der Waals surface area contributed by atoms with Gasteiger partial charge in [-0.25, -0.2) is 8.42 Å². The fraction of sp³-hybridized carbons (Fsp3) is 0.500. The fourth-order valence-electron chi connectivity index (χ4n) is 2.37. The van der Waals surface area contributed by atoms with E-state index in [0.717, 1.165) is 18.4 Å². The quantitative estimate of drug-likeness (QED) is 0.827. The van der Waals surface area contributed by atoms with Crippen molar-refractivity contribution in [3.05, 3.63) is 35.4 Å². The number of alkyl halides is 3. The van der Waals surface area contributed by atoms with Gasteiger partial charge >= 0.3 is 6.18 Å². The summed E-state index contributed by atoms with van der Waals surface area (Å²) in [5.41, 5.74) is -0.260. The lowest BCUT2D eigenvalue weighted by Crippen LogP contribution is -2.50. The van der Waals surface area contributed by atoms with Gasteiger partial charge in [0.15, 0.2) is 0 Å². The van der Waals surface area contributed by atoms with Crippen LogP contribution in [0.1, 0.15) is 11.1 Å². The molecule has 2 rings (SSSR count). The molecular weight excluding hydrogens is 333 g/mol. The lowest BCUT2D eigenvalue weighted by atomic mass is 10.1. The van der Waals surface area contributed by atoms with Crippen molar-refractivity contribution >= 4 is 15.9 Å². The van der Waals surface area contributed by atoms with E-state index in [-0.39, 0.29) is 38.5 Å². The van der Waals surface area contributed by atoms with E-state index >= 15 is 0 Å². The molecule has 1 fully saturated rings. The molecule has 128 valence electrons. The Kier molecular flexibility index (Phi) is 5.00. The smallest absolute Gasteiger partial charge is 0.340 e. The van der Waals surface area contributed by atoms with Crippen LogP contribution >= 0.6 is 0 Å². The topological polar surface area (TPSA) is 57.7 Å². The Balaban J connectivity index is 1.93. The number of carbonyl (C=O) groups excluding carboxylic acids is 1. The summed E-state index contributed by atoms with van der Waals surface area (Å²) in [5, 5.41) is 0. The fourth-order valence-corrected chi connectivity index (χ4v) is 3.19. The van der Waals surface area contributed by atoms with E-state index in [2.05, 4.69) is 0 Å². The number of carbonyl (C=O) groups is 1. The molecule has 1 aromatic carbocycles. The Morgan fingerprint density at radius 1 is 1.09 bits per heavy atom. The molecule has 1 heterocycles. The summed E-state index contributed by atoms with van der Waals surface area (Å²) >= 11 is 0. The van der Waals surface area contributed by atoms with Crippen molar-refractivity contribution in [3.63, 3.8) is 0 Å². The number of sulfonamides is 1. The zero-order chi connectivity index (χ0) is 17.3. The van der Waals surface area contributed by atoms with Crippen LogP contribution in [0.4, 0.5) is 13.2 Å². The van der Waals surface area contributed by atoms with Gasteiger partial charge in [0, 0.05) is 26.2 Å². The molecule has 5 nitrogen and oxygen atoms in total. The molecule has 1 amide bonds. The van der Waals surface area contributed by atoms with Crippen LogP contribution in [0.2, 0.25) is 0 Å². The Hall–Kier alpha value is -1.61. The minimum atomic E-state index is -4.40. The lowest BCUT2D eigenvalue weighted by molar-refractivity contribution is -0.137. The van der Waals surface area contributed by atoms with Crippen molar-refractivity contribution in [2.75, 3.05) is 32.4 Å². The van der Waals surface area contributed by atoms with Crippen LogP contribution in [-0.2, 0) is 27.4 Å². The highest BCUT2D eigenvalue weighted by Gasteiger charge is 2.30. The zero-order valence-corrected chi connectivity index (χ0v) is 13.3. The van der Waals surface area contributed by atoms with E-state index < -0.39 is 21.8 Å². The van der Waals surface area contributed by atoms with Gasteiger partial charge in [-0.05, 0) is 17.7 Å². The number of rotatable bonds is 3. The number of halogens is 3. The third-order valence-corrected chi connectivity index (χ3v) is 5.00. The maximum absolute atomic E-state index is 12.5. The first-order chi connectivity index (χ1) is 10.6. The number of piperazine rings is 1. The van der Waals surface area contributed by atoms with Gasteiger partial charge in [-0.1, -0.05) is 12.1 Å². The minimum Gasteiger partial charge on any atom is -0.340 e. The zero-order valence-electron chi connectivity index (χ0n) is 12.5. The molecule has 0 radical (unpaired) electrons. The average Bonchev–Trinajstić information content (AvgIpc) is 2.46. The van der Waals surface area contributed by atoms with Crippen molar-refractivity contribution in [2.45, 2.75) is 12.6 Å². The summed E-state index contributed by atoms with van der Waals surface area (Å²) in [5.74, 6) is -0.224. The van der Waals surface area contributed by atoms with E-state index in [0.29, 0.717) is 5.56 Å². The summed E-state index contributed by atoms with van der Waals surface area (Å²) in [6.45, 7) is 1.04. The Labute approximate surface area is 132 Å². The van der Waals surface area contributed by atoms with Crippen LogP contribution < -0.4 is 0 Å². The van der Waals surface area contributed by atoms with Crippen LogP contribution in [0.5, 0.6) is 0 Å². The molecule has 1 aliphatic rings. The SMILES string of the molecule is CS(=O)(=O)N1CCN(C(=O)Cc2ccc(C(F)(F)F)cc2)CC1. The van der Waals surface area contributed by atoms with Gasteiger partial charge in [0.25, 0.3) is 0 Å². The van der Waals surface area contributed by atoms with Crippen molar-refractivity contribution in [1.29, 1.82) is 0 Å². The minimum absolute atomic E-state index is 0.00296. The summed E-state index contributed by atoms with van der Waals surface area (Å²) in [4.78, 5) is 13.7. The molecule has 0 aromatic heterocycles. The number of amides is 1. The second kappa shape index (κ2) is 6.48. The van der Waals surface area contributed by atoms with Crippen molar-refractivity contribution in [1.82, 2.24) is 9.21 Å². The first-order valence-electron chi connectivity index (χ1n) is 6.96. The Morgan fingerprint density at radius 3 is 2.04 bits per heavy atom. The van der Waals surface area contributed by atoms with E-state index in [1.165, 1.54) is 21.3 Å². The van der Waals surface area contributed by atoms with Crippen LogP contribution in [-0.4, -0.2) is 56.0 Å². The molecule has 23 heavy (non-hydrogen) atoms. The molecule has 0 N–H and O–H groups in total. The standard InChI is InChI=1S/C14H17F3N2O3S/c1-23(21,22)19-8-6-18(7-9-19)13(20)10-11-2-4-12(5-3-11)14(15,16)17/h2-5H,6-10H2,1H3. The summed E-state index contributed by atoms with van der Waals surface area (Å²) in [6, 6.07) is 4.47. The first-order valence-corrected chi connectivity index (χ1v) is 8.81. The van der Waals surface area contributed by atoms with Crippen LogP contribution in [0.3, 0.4) is 0 Å².